The lowest BCUT2D eigenvalue weighted by Gasteiger charge is -2.16. The van der Waals surface area contributed by atoms with E-state index in [1.54, 1.807) is 6.20 Å². The lowest BCUT2D eigenvalue weighted by molar-refractivity contribution is 0.0607. The van der Waals surface area contributed by atoms with Crippen LogP contribution in [0.15, 0.2) is 12.3 Å². The number of rotatable bonds is 3. The second-order valence-electron chi connectivity index (χ2n) is 6.23. The summed E-state index contributed by atoms with van der Waals surface area (Å²) in [6, 6.07) is 1.91. The minimum Gasteiger partial charge on any atom is -0.465 e. The van der Waals surface area contributed by atoms with Gasteiger partial charge in [0.2, 0.25) is 0 Å². The van der Waals surface area contributed by atoms with Crippen LogP contribution >= 0.6 is 11.3 Å². The molecular weight excluding hydrogens is 310 g/mol. The number of nitrogens with one attached hydrogen (secondary N) is 1. The second-order valence-corrected chi connectivity index (χ2v) is 7.28. The molecular formula is C17H21N3O2S. The van der Waals surface area contributed by atoms with Crippen LogP contribution in [0.2, 0.25) is 0 Å². The maximum atomic E-state index is 12.1. The summed E-state index contributed by atoms with van der Waals surface area (Å²) in [6.07, 6.45) is 1.73. The summed E-state index contributed by atoms with van der Waals surface area (Å²) in [5, 5.41) is 0. The topological polar surface area (TPSA) is 58.2 Å². The highest BCUT2D eigenvalue weighted by Gasteiger charge is 2.21. The van der Waals surface area contributed by atoms with Crippen LogP contribution in [0.5, 0.6) is 0 Å². The molecule has 0 bridgehead atoms. The first kappa shape index (κ1) is 17.1. The number of aromatic nitrogens is 2. The zero-order valence-corrected chi connectivity index (χ0v) is 15.1. The Morgan fingerprint density at radius 1 is 1.43 bits per heavy atom. The van der Waals surface area contributed by atoms with Crippen molar-refractivity contribution in [2.45, 2.75) is 27.7 Å². The van der Waals surface area contributed by atoms with Gasteiger partial charge in [0.1, 0.15) is 16.5 Å². The van der Waals surface area contributed by atoms with Crippen molar-refractivity contribution >= 4 is 28.8 Å². The van der Waals surface area contributed by atoms with Crippen molar-refractivity contribution < 1.29 is 9.53 Å². The van der Waals surface area contributed by atoms with E-state index in [1.807, 2.05) is 24.9 Å². The van der Waals surface area contributed by atoms with Crippen molar-refractivity contribution in [3.8, 4) is 11.8 Å². The quantitative estimate of drug-likeness (QED) is 0.688. The average Bonchev–Trinajstić information content (AvgIpc) is 3.09. The number of carbonyl (C=O) groups is 1. The van der Waals surface area contributed by atoms with Gasteiger partial charge < -0.3 is 14.6 Å². The van der Waals surface area contributed by atoms with E-state index in [4.69, 9.17) is 4.74 Å². The smallest absolute Gasteiger partial charge is 0.350 e. The molecule has 0 atom stereocenters. The molecule has 2 aromatic rings. The summed E-state index contributed by atoms with van der Waals surface area (Å²) in [5.41, 5.74) is 0.658. The second kappa shape index (κ2) is 6.47. The first-order valence-corrected chi connectivity index (χ1v) is 8.03. The number of imidazole rings is 1. The summed E-state index contributed by atoms with van der Waals surface area (Å²) in [4.78, 5) is 22.7. The molecule has 0 aliphatic carbocycles. The van der Waals surface area contributed by atoms with Crippen molar-refractivity contribution in [3.63, 3.8) is 0 Å². The molecule has 2 rings (SSSR count). The Hall–Kier alpha value is -2.26. The van der Waals surface area contributed by atoms with Gasteiger partial charge in [-0.05, 0) is 33.8 Å². The summed E-state index contributed by atoms with van der Waals surface area (Å²) < 4.78 is 4.90. The van der Waals surface area contributed by atoms with Crippen LogP contribution in [-0.2, 0) is 4.74 Å². The molecule has 0 fully saturated rings. The van der Waals surface area contributed by atoms with E-state index in [0.29, 0.717) is 4.88 Å². The fourth-order valence-corrected chi connectivity index (χ4v) is 2.85. The molecule has 0 saturated carbocycles. The monoisotopic (exact) mass is 331 g/mol. The van der Waals surface area contributed by atoms with Crippen molar-refractivity contribution in [2.75, 3.05) is 19.1 Å². The molecule has 2 aromatic heterocycles. The van der Waals surface area contributed by atoms with Crippen LogP contribution in [-0.4, -0.2) is 30.1 Å². The predicted octanol–water partition coefficient (Wildman–Crippen LogP) is 3.73. The van der Waals surface area contributed by atoms with Gasteiger partial charge in [-0.25, -0.2) is 9.78 Å². The predicted molar refractivity (Wildman–Crippen MR) is 93.4 cm³/mol. The van der Waals surface area contributed by atoms with Gasteiger partial charge in [0.15, 0.2) is 0 Å². The van der Waals surface area contributed by atoms with E-state index < -0.39 is 0 Å². The molecule has 0 aromatic carbocycles. The Balaban J connectivity index is 2.46. The van der Waals surface area contributed by atoms with Crippen LogP contribution in [0, 0.1) is 24.2 Å². The Bertz CT molecular complexity index is 772. The van der Waals surface area contributed by atoms with Gasteiger partial charge in [0.25, 0.3) is 0 Å². The first-order chi connectivity index (χ1) is 10.7. The van der Waals surface area contributed by atoms with E-state index in [0.717, 1.165) is 22.2 Å². The maximum Gasteiger partial charge on any atom is 0.350 e. The fraction of sp³-hybridized carbons (Fsp3) is 0.412. The van der Waals surface area contributed by atoms with Gasteiger partial charge in [-0.15, -0.1) is 11.3 Å². The highest BCUT2D eigenvalue weighted by Crippen LogP contribution is 2.33. The van der Waals surface area contributed by atoms with Crippen LogP contribution in [0.3, 0.4) is 0 Å². The van der Waals surface area contributed by atoms with Gasteiger partial charge in [-0.2, -0.15) is 0 Å². The largest absolute Gasteiger partial charge is 0.465 e. The Labute approximate surface area is 140 Å². The lowest BCUT2D eigenvalue weighted by Crippen LogP contribution is -2.13. The third-order valence-electron chi connectivity index (χ3n) is 3.06. The number of hydrogen-bond donors (Lipinski definition) is 1. The number of anilines is 2. The number of ether oxygens (including phenoxy) is 1. The number of carbonyl (C=O) groups excluding carboxylic acids is 1. The van der Waals surface area contributed by atoms with E-state index in [9.17, 15) is 4.79 Å². The van der Waals surface area contributed by atoms with E-state index >= 15 is 0 Å². The summed E-state index contributed by atoms with van der Waals surface area (Å²) in [6.45, 7) is 8.03. The molecule has 1 N–H and O–H groups in total. The standard InChI is InChI=1S/C17H21N3O2S/c1-11-18-10-14(19-11)20(5)13-9-12(7-8-17(2,3)4)23-15(13)16(21)22-6/h9-10H,1-6H3,(H,18,19). The fourth-order valence-electron chi connectivity index (χ4n) is 1.89. The molecule has 0 spiro atoms. The molecule has 122 valence electrons. The lowest BCUT2D eigenvalue weighted by atomic mass is 9.98. The van der Waals surface area contributed by atoms with Crippen molar-refractivity contribution in [1.82, 2.24) is 9.97 Å². The number of methoxy groups -OCH3 is 1. The summed E-state index contributed by atoms with van der Waals surface area (Å²) >= 11 is 1.34. The molecule has 0 amide bonds. The van der Waals surface area contributed by atoms with Crippen LogP contribution in [0.25, 0.3) is 0 Å². The highest BCUT2D eigenvalue weighted by molar-refractivity contribution is 7.15. The molecule has 5 nitrogen and oxygen atoms in total. The number of hydrogen-bond acceptors (Lipinski definition) is 5. The van der Waals surface area contributed by atoms with Crippen LogP contribution < -0.4 is 4.90 Å². The van der Waals surface area contributed by atoms with E-state index in [-0.39, 0.29) is 11.4 Å². The number of H-pyrrole nitrogens is 1. The van der Waals surface area contributed by atoms with Crippen molar-refractivity contribution in [1.29, 1.82) is 0 Å². The SMILES string of the molecule is COC(=O)c1sc(C#CC(C)(C)C)cc1N(C)c1cnc(C)[nH]1. The van der Waals surface area contributed by atoms with Gasteiger partial charge in [0.05, 0.1) is 23.9 Å². The zero-order valence-electron chi connectivity index (χ0n) is 14.3. The van der Waals surface area contributed by atoms with Crippen LogP contribution in [0.1, 0.15) is 41.1 Å². The van der Waals surface area contributed by atoms with Gasteiger partial charge in [-0.1, -0.05) is 11.8 Å². The van der Waals surface area contributed by atoms with E-state index in [1.165, 1.54) is 18.4 Å². The number of nitrogens with zero attached hydrogens (tertiary/aromatic N) is 2. The van der Waals surface area contributed by atoms with E-state index in [2.05, 4.69) is 42.6 Å². The zero-order chi connectivity index (χ0) is 17.2. The minimum absolute atomic E-state index is 0.0953. The first-order valence-electron chi connectivity index (χ1n) is 7.22. The highest BCUT2D eigenvalue weighted by atomic mass is 32.1. The summed E-state index contributed by atoms with van der Waals surface area (Å²) in [7, 11) is 3.26. The van der Waals surface area contributed by atoms with Crippen LogP contribution in [0.4, 0.5) is 11.5 Å². The third kappa shape index (κ3) is 4.14. The number of aromatic amines is 1. The normalized spacial score (nSPS) is 10.9. The van der Waals surface area contributed by atoms with Crippen molar-refractivity contribution in [3.05, 3.63) is 27.8 Å². The molecule has 23 heavy (non-hydrogen) atoms. The van der Waals surface area contributed by atoms with Crippen molar-refractivity contribution in [2.24, 2.45) is 5.41 Å². The van der Waals surface area contributed by atoms with Gasteiger partial charge in [-0.3, -0.25) is 0 Å². The molecule has 0 aliphatic rings. The average molecular weight is 331 g/mol. The minimum atomic E-state index is -0.364. The molecule has 2 heterocycles. The molecule has 0 saturated heterocycles. The van der Waals surface area contributed by atoms with Gasteiger partial charge >= 0.3 is 5.97 Å². The maximum absolute atomic E-state index is 12.1. The Morgan fingerprint density at radius 2 is 2.13 bits per heavy atom. The summed E-state index contributed by atoms with van der Waals surface area (Å²) in [5.74, 6) is 7.59. The molecule has 0 unspecified atom stereocenters. The van der Waals surface area contributed by atoms with Gasteiger partial charge in [0, 0.05) is 12.5 Å². The number of thiophene rings is 1. The molecule has 0 aliphatic heterocycles. The third-order valence-corrected chi connectivity index (χ3v) is 4.08. The Kier molecular flexibility index (Phi) is 4.81. The number of esters is 1. The Morgan fingerprint density at radius 3 is 2.65 bits per heavy atom. The molecule has 0 radical (unpaired) electrons. The molecule has 6 heteroatoms. The number of aryl methyl sites for hydroxylation is 1.